The van der Waals surface area contributed by atoms with Crippen molar-refractivity contribution in [3.05, 3.63) is 33.8 Å². The fourth-order valence-corrected chi connectivity index (χ4v) is 2.69. The van der Waals surface area contributed by atoms with Crippen molar-refractivity contribution in [3.8, 4) is 0 Å². The highest BCUT2D eigenvalue weighted by Crippen LogP contribution is 2.26. The minimum absolute atomic E-state index is 0.112. The summed E-state index contributed by atoms with van der Waals surface area (Å²) in [5.74, 6) is -1.89. The van der Waals surface area contributed by atoms with Gasteiger partial charge in [0.05, 0.1) is 22.2 Å². The van der Waals surface area contributed by atoms with E-state index in [9.17, 15) is 14.7 Å². The van der Waals surface area contributed by atoms with Crippen molar-refractivity contribution in [2.75, 3.05) is 13.2 Å². The maximum absolute atomic E-state index is 12.2. The lowest BCUT2D eigenvalue weighted by Crippen LogP contribution is -2.48. The lowest BCUT2D eigenvalue weighted by Gasteiger charge is -2.28. The predicted octanol–water partition coefficient (Wildman–Crippen LogP) is 2.60. The van der Waals surface area contributed by atoms with Gasteiger partial charge in [-0.2, -0.15) is 0 Å². The van der Waals surface area contributed by atoms with Crippen LogP contribution in [-0.4, -0.2) is 36.2 Å². The summed E-state index contributed by atoms with van der Waals surface area (Å²) >= 11 is 11.8. The molecule has 2 N–H and O–H groups in total. The molecular formula is C14H15Cl2NO4. The molecule has 0 radical (unpaired) electrons. The molecule has 7 heteroatoms. The van der Waals surface area contributed by atoms with Crippen LogP contribution in [0.25, 0.3) is 0 Å². The Morgan fingerprint density at radius 3 is 2.76 bits per heavy atom. The molecule has 1 aromatic carbocycles. The number of hydrogen-bond acceptors (Lipinski definition) is 3. The van der Waals surface area contributed by atoms with Gasteiger partial charge in [0.15, 0.2) is 0 Å². The van der Waals surface area contributed by atoms with Gasteiger partial charge >= 0.3 is 5.97 Å². The van der Waals surface area contributed by atoms with Crippen LogP contribution in [0.2, 0.25) is 10.0 Å². The molecule has 2 atom stereocenters. The van der Waals surface area contributed by atoms with Crippen LogP contribution in [0.1, 0.15) is 23.2 Å². The Bertz CT molecular complexity index is 544. The second-order valence-corrected chi connectivity index (χ2v) is 5.65. The fourth-order valence-electron chi connectivity index (χ4n) is 2.31. The normalized spacial score (nSPS) is 19.8. The second-order valence-electron chi connectivity index (χ2n) is 4.87. The first-order valence-corrected chi connectivity index (χ1v) is 7.31. The summed E-state index contributed by atoms with van der Waals surface area (Å²) in [6.45, 7) is 0.942. The average Bonchev–Trinajstić information content (AvgIpc) is 2.48. The number of ether oxygens (including phenoxy) is 1. The molecular weight excluding hydrogens is 317 g/mol. The summed E-state index contributed by atoms with van der Waals surface area (Å²) in [5, 5.41) is 12.2. The maximum Gasteiger partial charge on any atom is 0.326 e. The van der Waals surface area contributed by atoms with Crippen LogP contribution in [0, 0.1) is 5.92 Å². The van der Waals surface area contributed by atoms with Crippen molar-refractivity contribution in [2.45, 2.75) is 18.9 Å². The van der Waals surface area contributed by atoms with Gasteiger partial charge in [-0.3, -0.25) is 4.79 Å². The molecule has 1 aliphatic rings. The highest BCUT2D eigenvalue weighted by atomic mass is 35.5. The molecule has 0 aromatic heterocycles. The third-order valence-electron chi connectivity index (χ3n) is 3.42. The van der Waals surface area contributed by atoms with Crippen molar-refractivity contribution in [1.29, 1.82) is 0 Å². The molecule has 1 heterocycles. The third kappa shape index (κ3) is 3.87. The zero-order valence-electron chi connectivity index (χ0n) is 11.1. The average molecular weight is 332 g/mol. The molecule has 1 fully saturated rings. The number of carboxylic acids is 1. The van der Waals surface area contributed by atoms with E-state index in [0.717, 1.165) is 6.42 Å². The highest BCUT2D eigenvalue weighted by Gasteiger charge is 2.32. The topological polar surface area (TPSA) is 75.6 Å². The molecule has 1 saturated heterocycles. The van der Waals surface area contributed by atoms with Gasteiger partial charge in [0, 0.05) is 12.5 Å². The summed E-state index contributed by atoms with van der Waals surface area (Å²) < 4.78 is 5.28. The van der Waals surface area contributed by atoms with Gasteiger partial charge in [0.1, 0.15) is 6.04 Å². The quantitative estimate of drug-likeness (QED) is 0.889. The van der Waals surface area contributed by atoms with Crippen LogP contribution in [-0.2, 0) is 9.53 Å². The first kappa shape index (κ1) is 16.1. The van der Waals surface area contributed by atoms with Gasteiger partial charge in [-0.1, -0.05) is 29.3 Å². The molecule has 0 bridgehead atoms. The number of nitrogens with one attached hydrogen (secondary N) is 1. The van der Waals surface area contributed by atoms with Crippen LogP contribution >= 0.6 is 23.2 Å². The van der Waals surface area contributed by atoms with E-state index in [4.69, 9.17) is 27.9 Å². The standard InChI is InChI=1S/C14H15Cl2NO4/c15-10-5-1-4-9(11(10)16)13(18)17-12(14(19)20)8-3-2-6-21-7-8/h1,4-5,8,12H,2-3,6-7H2,(H,17,18)(H,19,20). The maximum atomic E-state index is 12.2. The van der Waals surface area contributed by atoms with Gasteiger partial charge in [-0.25, -0.2) is 4.79 Å². The Hall–Kier alpha value is -1.30. The van der Waals surface area contributed by atoms with E-state index in [-0.39, 0.29) is 21.5 Å². The number of benzene rings is 1. The van der Waals surface area contributed by atoms with Crippen molar-refractivity contribution in [3.63, 3.8) is 0 Å². The first-order valence-electron chi connectivity index (χ1n) is 6.56. The number of aliphatic carboxylic acids is 1. The number of carbonyl (C=O) groups is 2. The number of carboxylic acid groups (broad SMARTS) is 1. The zero-order valence-corrected chi connectivity index (χ0v) is 12.7. The Kier molecular flexibility index (Phi) is 5.45. The van der Waals surface area contributed by atoms with Gasteiger partial charge in [-0.05, 0) is 25.0 Å². The van der Waals surface area contributed by atoms with Gasteiger partial charge in [0.25, 0.3) is 5.91 Å². The van der Waals surface area contributed by atoms with Crippen molar-refractivity contribution in [1.82, 2.24) is 5.32 Å². The Morgan fingerprint density at radius 1 is 1.38 bits per heavy atom. The third-order valence-corrected chi connectivity index (χ3v) is 4.23. The molecule has 1 aromatic rings. The number of carbonyl (C=O) groups excluding carboxylic acids is 1. The predicted molar refractivity (Wildman–Crippen MR) is 78.9 cm³/mol. The van der Waals surface area contributed by atoms with Crippen molar-refractivity contribution in [2.24, 2.45) is 5.92 Å². The molecule has 1 amide bonds. The Morgan fingerprint density at radius 2 is 2.14 bits per heavy atom. The Balaban J connectivity index is 2.14. The summed E-state index contributed by atoms with van der Waals surface area (Å²) in [4.78, 5) is 23.6. The minimum atomic E-state index is -1.09. The van der Waals surface area contributed by atoms with Gasteiger partial charge in [0.2, 0.25) is 0 Å². The summed E-state index contributed by atoms with van der Waals surface area (Å²) in [6.07, 6.45) is 1.47. The van der Waals surface area contributed by atoms with Crippen LogP contribution in [0.15, 0.2) is 18.2 Å². The smallest absolute Gasteiger partial charge is 0.326 e. The van der Waals surface area contributed by atoms with E-state index >= 15 is 0 Å². The zero-order chi connectivity index (χ0) is 15.4. The van der Waals surface area contributed by atoms with E-state index in [1.807, 2.05) is 0 Å². The molecule has 0 aliphatic carbocycles. The molecule has 114 valence electrons. The Labute approximate surface area is 132 Å². The monoisotopic (exact) mass is 331 g/mol. The van der Waals surface area contributed by atoms with Crippen LogP contribution in [0.4, 0.5) is 0 Å². The number of hydrogen-bond donors (Lipinski definition) is 2. The van der Waals surface area contributed by atoms with Crippen molar-refractivity contribution < 1.29 is 19.4 Å². The van der Waals surface area contributed by atoms with Crippen LogP contribution in [0.3, 0.4) is 0 Å². The lowest BCUT2D eigenvalue weighted by atomic mass is 9.93. The van der Waals surface area contributed by atoms with Crippen LogP contribution in [0.5, 0.6) is 0 Å². The second kappa shape index (κ2) is 7.11. The number of rotatable bonds is 4. The summed E-state index contributed by atoms with van der Waals surface area (Å²) in [5.41, 5.74) is 0.159. The number of halogens is 2. The van der Waals surface area contributed by atoms with E-state index in [1.54, 1.807) is 12.1 Å². The molecule has 0 saturated carbocycles. The molecule has 2 unspecified atom stereocenters. The minimum Gasteiger partial charge on any atom is -0.480 e. The van der Waals surface area contributed by atoms with E-state index in [0.29, 0.717) is 19.6 Å². The van der Waals surface area contributed by atoms with E-state index < -0.39 is 17.9 Å². The summed E-state index contributed by atoms with van der Waals surface area (Å²) in [6, 6.07) is 3.64. The molecule has 5 nitrogen and oxygen atoms in total. The molecule has 2 rings (SSSR count). The largest absolute Gasteiger partial charge is 0.480 e. The van der Waals surface area contributed by atoms with E-state index in [1.165, 1.54) is 6.07 Å². The number of amides is 1. The van der Waals surface area contributed by atoms with Gasteiger partial charge < -0.3 is 15.2 Å². The highest BCUT2D eigenvalue weighted by molar-refractivity contribution is 6.43. The van der Waals surface area contributed by atoms with Gasteiger partial charge in [-0.15, -0.1) is 0 Å². The van der Waals surface area contributed by atoms with Crippen molar-refractivity contribution >= 4 is 35.1 Å². The SMILES string of the molecule is O=C(NC(C(=O)O)C1CCCOC1)c1cccc(Cl)c1Cl. The fraction of sp³-hybridized carbons (Fsp3) is 0.429. The van der Waals surface area contributed by atoms with E-state index in [2.05, 4.69) is 5.32 Å². The van der Waals surface area contributed by atoms with Crippen LogP contribution < -0.4 is 5.32 Å². The molecule has 21 heavy (non-hydrogen) atoms. The molecule has 1 aliphatic heterocycles. The first-order chi connectivity index (χ1) is 10.0. The summed E-state index contributed by atoms with van der Waals surface area (Å²) in [7, 11) is 0. The lowest BCUT2D eigenvalue weighted by molar-refractivity contribution is -0.142. The molecule has 0 spiro atoms.